The highest BCUT2D eigenvalue weighted by atomic mass is 16.5. The van der Waals surface area contributed by atoms with Crippen LogP contribution in [-0.2, 0) is 11.2 Å². The maximum Gasteiger partial charge on any atom is 0.0845 e. The van der Waals surface area contributed by atoms with E-state index in [1.165, 1.54) is 17.5 Å². The summed E-state index contributed by atoms with van der Waals surface area (Å²) in [5.74, 6) is 0. The minimum atomic E-state index is -0.156. The lowest BCUT2D eigenvalue weighted by Crippen LogP contribution is -2.43. The Balaban J connectivity index is 2.99. The number of likely N-dealkylation sites (N-methyl/N-ethyl adjacent to an activating group) is 1. The molecule has 2 heteroatoms. The summed E-state index contributed by atoms with van der Waals surface area (Å²) in [6.45, 7) is 12.6. The number of benzene rings is 1. The molecule has 0 fully saturated rings. The number of hydrogen-bond donors (Lipinski definition) is 1. The van der Waals surface area contributed by atoms with E-state index in [0.717, 1.165) is 26.0 Å². The zero-order valence-electron chi connectivity index (χ0n) is 13.8. The minimum Gasteiger partial charge on any atom is -0.374 e. The molecule has 0 aromatic heterocycles. The number of nitrogens with one attached hydrogen (secondary N) is 1. The monoisotopic (exact) mass is 277 g/mol. The second-order valence-corrected chi connectivity index (χ2v) is 5.58. The standard InChI is InChI=1S/C18H31NO/c1-6-10-15-11-13-16(14-12-15)17(19-8-3)18(5,7-2)20-9-4/h11-14,17,19H,6-10H2,1-5H3. The zero-order chi connectivity index (χ0) is 15.0. The van der Waals surface area contributed by atoms with Gasteiger partial charge in [-0.1, -0.05) is 51.5 Å². The smallest absolute Gasteiger partial charge is 0.0845 e. The molecule has 0 bridgehead atoms. The van der Waals surface area contributed by atoms with Gasteiger partial charge in [0.05, 0.1) is 11.6 Å². The molecule has 2 atom stereocenters. The maximum absolute atomic E-state index is 6.06. The molecule has 2 nitrogen and oxygen atoms in total. The molecule has 0 spiro atoms. The van der Waals surface area contributed by atoms with Crippen LogP contribution in [0.3, 0.4) is 0 Å². The summed E-state index contributed by atoms with van der Waals surface area (Å²) in [5, 5.41) is 3.60. The van der Waals surface area contributed by atoms with Crippen molar-refractivity contribution in [3.63, 3.8) is 0 Å². The Labute approximate surface area is 124 Å². The number of ether oxygens (including phenoxy) is 1. The number of hydrogen-bond acceptors (Lipinski definition) is 2. The average Bonchev–Trinajstić information content (AvgIpc) is 2.46. The summed E-state index contributed by atoms with van der Waals surface area (Å²) in [6, 6.07) is 9.26. The highest BCUT2D eigenvalue weighted by Crippen LogP contribution is 2.32. The summed E-state index contributed by atoms with van der Waals surface area (Å²) in [5.41, 5.74) is 2.59. The summed E-state index contributed by atoms with van der Waals surface area (Å²) in [7, 11) is 0. The van der Waals surface area contributed by atoms with Gasteiger partial charge in [0.25, 0.3) is 0 Å². The van der Waals surface area contributed by atoms with E-state index in [9.17, 15) is 0 Å². The molecule has 1 N–H and O–H groups in total. The molecule has 0 amide bonds. The van der Waals surface area contributed by atoms with E-state index >= 15 is 0 Å². The van der Waals surface area contributed by atoms with Crippen LogP contribution < -0.4 is 5.32 Å². The Morgan fingerprint density at radius 1 is 1.10 bits per heavy atom. The van der Waals surface area contributed by atoms with Crippen LogP contribution in [0.4, 0.5) is 0 Å². The lowest BCUT2D eigenvalue weighted by Gasteiger charge is -2.37. The van der Waals surface area contributed by atoms with E-state index in [4.69, 9.17) is 4.74 Å². The summed E-state index contributed by atoms with van der Waals surface area (Å²) >= 11 is 0. The average molecular weight is 277 g/mol. The largest absolute Gasteiger partial charge is 0.374 e. The molecule has 1 aromatic rings. The molecule has 0 aliphatic carbocycles. The van der Waals surface area contributed by atoms with Gasteiger partial charge in [-0.2, -0.15) is 0 Å². The van der Waals surface area contributed by atoms with Crippen molar-refractivity contribution >= 4 is 0 Å². The van der Waals surface area contributed by atoms with Gasteiger partial charge in [-0.15, -0.1) is 0 Å². The Bertz CT molecular complexity index is 374. The van der Waals surface area contributed by atoms with E-state index in [0.29, 0.717) is 0 Å². The quantitative estimate of drug-likeness (QED) is 0.718. The second-order valence-electron chi connectivity index (χ2n) is 5.58. The highest BCUT2D eigenvalue weighted by Gasteiger charge is 2.33. The number of rotatable bonds is 9. The predicted molar refractivity (Wildman–Crippen MR) is 87.2 cm³/mol. The molecule has 20 heavy (non-hydrogen) atoms. The molecule has 0 saturated heterocycles. The van der Waals surface area contributed by atoms with Crippen molar-refractivity contribution in [1.82, 2.24) is 5.32 Å². The van der Waals surface area contributed by atoms with Crippen LogP contribution in [0, 0.1) is 0 Å². The molecular formula is C18H31NO. The topological polar surface area (TPSA) is 21.3 Å². The van der Waals surface area contributed by atoms with Gasteiger partial charge >= 0.3 is 0 Å². The number of aryl methyl sites for hydroxylation is 1. The molecule has 0 aliphatic heterocycles. The van der Waals surface area contributed by atoms with E-state index < -0.39 is 0 Å². The predicted octanol–water partition coefficient (Wildman–Crippen LogP) is 4.49. The third-order valence-electron chi connectivity index (χ3n) is 4.05. The van der Waals surface area contributed by atoms with Gasteiger partial charge in [0.1, 0.15) is 0 Å². The van der Waals surface area contributed by atoms with Crippen molar-refractivity contribution in [3.05, 3.63) is 35.4 Å². The third-order valence-corrected chi connectivity index (χ3v) is 4.05. The summed E-state index contributed by atoms with van der Waals surface area (Å²) in [6.07, 6.45) is 3.35. The maximum atomic E-state index is 6.06. The molecule has 0 aliphatic rings. The van der Waals surface area contributed by atoms with Gasteiger partial charge in [0.15, 0.2) is 0 Å². The second kappa shape index (κ2) is 8.43. The molecule has 1 aromatic carbocycles. The van der Waals surface area contributed by atoms with Crippen molar-refractivity contribution in [1.29, 1.82) is 0 Å². The summed E-state index contributed by atoms with van der Waals surface area (Å²) < 4.78 is 6.06. The SMILES string of the molecule is CCCc1ccc(C(NCC)C(C)(CC)OCC)cc1. The van der Waals surface area contributed by atoms with Crippen LogP contribution in [0.25, 0.3) is 0 Å². The fourth-order valence-corrected chi connectivity index (χ4v) is 2.78. The Morgan fingerprint density at radius 2 is 1.75 bits per heavy atom. The van der Waals surface area contributed by atoms with E-state index in [1.54, 1.807) is 0 Å². The van der Waals surface area contributed by atoms with Crippen LogP contribution in [0.15, 0.2) is 24.3 Å². The lowest BCUT2D eigenvalue weighted by molar-refractivity contribution is -0.0560. The summed E-state index contributed by atoms with van der Waals surface area (Å²) in [4.78, 5) is 0. The normalized spacial score (nSPS) is 15.8. The first-order chi connectivity index (χ1) is 9.61. The van der Waals surface area contributed by atoms with Crippen LogP contribution in [0.2, 0.25) is 0 Å². The third kappa shape index (κ3) is 4.32. The zero-order valence-corrected chi connectivity index (χ0v) is 13.8. The molecule has 1 rings (SSSR count). The van der Waals surface area contributed by atoms with E-state index in [1.807, 2.05) is 0 Å². The molecule has 0 radical (unpaired) electrons. The van der Waals surface area contributed by atoms with Gasteiger partial charge < -0.3 is 10.1 Å². The van der Waals surface area contributed by atoms with Crippen LogP contribution >= 0.6 is 0 Å². The van der Waals surface area contributed by atoms with Gasteiger partial charge in [-0.05, 0) is 44.4 Å². The fraction of sp³-hybridized carbons (Fsp3) is 0.667. The van der Waals surface area contributed by atoms with Gasteiger partial charge in [0.2, 0.25) is 0 Å². The lowest BCUT2D eigenvalue weighted by atomic mass is 9.87. The van der Waals surface area contributed by atoms with Crippen LogP contribution in [-0.4, -0.2) is 18.8 Å². The Hall–Kier alpha value is -0.860. The van der Waals surface area contributed by atoms with E-state index in [2.05, 4.69) is 64.2 Å². The van der Waals surface area contributed by atoms with Crippen LogP contribution in [0.5, 0.6) is 0 Å². The molecule has 2 unspecified atom stereocenters. The van der Waals surface area contributed by atoms with Gasteiger partial charge in [-0.25, -0.2) is 0 Å². The first-order valence-corrected chi connectivity index (χ1v) is 8.07. The first kappa shape index (κ1) is 17.2. The van der Waals surface area contributed by atoms with E-state index in [-0.39, 0.29) is 11.6 Å². The van der Waals surface area contributed by atoms with Crippen molar-refractivity contribution in [2.75, 3.05) is 13.2 Å². The minimum absolute atomic E-state index is 0.156. The van der Waals surface area contributed by atoms with Crippen LogP contribution in [0.1, 0.15) is 64.6 Å². The molecule has 0 saturated carbocycles. The fourth-order valence-electron chi connectivity index (χ4n) is 2.78. The van der Waals surface area contributed by atoms with Crippen molar-refractivity contribution in [2.24, 2.45) is 0 Å². The molecule has 114 valence electrons. The van der Waals surface area contributed by atoms with Crippen molar-refractivity contribution < 1.29 is 4.74 Å². The Morgan fingerprint density at radius 3 is 2.20 bits per heavy atom. The highest BCUT2D eigenvalue weighted by molar-refractivity contribution is 5.27. The first-order valence-electron chi connectivity index (χ1n) is 8.07. The Kier molecular flexibility index (Phi) is 7.25. The van der Waals surface area contributed by atoms with Crippen molar-refractivity contribution in [3.8, 4) is 0 Å². The van der Waals surface area contributed by atoms with Gasteiger partial charge in [0, 0.05) is 6.61 Å². The van der Waals surface area contributed by atoms with Crippen molar-refractivity contribution in [2.45, 2.75) is 65.5 Å². The molecular weight excluding hydrogens is 246 g/mol. The van der Waals surface area contributed by atoms with Gasteiger partial charge in [-0.3, -0.25) is 0 Å². The molecule has 0 heterocycles.